The van der Waals surface area contributed by atoms with Gasteiger partial charge in [0.25, 0.3) is 5.91 Å². The Balaban J connectivity index is 1.71. The van der Waals surface area contributed by atoms with E-state index in [1.54, 1.807) is 36.4 Å². The Hall–Kier alpha value is -3.54. The van der Waals surface area contributed by atoms with Crippen LogP contribution in [0.5, 0.6) is 0 Å². The molecule has 1 amide bonds. The molecule has 0 spiro atoms. The maximum absolute atomic E-state index is 12.3. The molecule has 0 atom stereocenters. The number of benzene rings is 2. The van der Waals surface area contributed by atoms with Crippen LogP contribution in [0.1, 0.15) is 38.9 Å². The lowest BCUT2D eigenvalue weighted by molar-refractivity contribution is 0.100. The zero-order chi connectivity index (χ0) is 19.4. The lowest BCUT2D eigenvalue weighted by atomic mass is 10.1. The third-order valence-corrected chi connectivity index (χ3v) is 4.08. The van der Waals surface area contributed by atoms with Crippen LogP contribution in [0.4, 0.5) is 17.2 Å². The summed E-state index contributed by atoms with van der Waals surface area (Å²) in [5, 5.41) is 14.0. The van der Waals surface area contributed by atoms with Crippen molar-refractivity contribution in [2.45, 2.75) is 20.8 Å². The molecule has 0 saturated carbocycles. The van der Waals surface area contributed by atoms with Crippen LogP contribution in [-0.2, 0) is 0 Å². The molecule has 0 saturated heterocycles. The normalized spacial score (nSPS) is 10.3. The largest absolute Gasteiger partial charge is 0.339 e. The number of carbonyl (C=O) groups is 2. The Kier molecular flexibility index (Phi) is 5.26. The van der Waals surface area contributed by atoms with Crippen LogP contribution in [-0.4, -0.2) is 21.9 Å². The van der Waals surface area contributed by atoms with Gasteiger partial charge < -0.3 is 10.6 Å². The molecule has 0 radical (unpaired) electrons. The first-order valence-electron chi connectivity index (χ1n) is 8.53. The number of nitrogens with zero attached hydrogens (tertiary/aromatic N) is 2. The van der Waals surface area contributed by atoms with Crippen molar-refractivity contribution in [2.24, 2.45) is 0 Å². The highest BCUT2D eigenvalue weighted by Crippen LogP contribution is 2.20. The molecule has 0 bridgehead atoms. The van der Waals surface area contributed by atoms with Gasteiger partial charge in [-0.05, 0) is 62.2 Å². The fourth-order valence-corrected chi connectivity index (χ4v) is 2.54. The second-order valence-corrected chi connectivity index (χ2v) is 6.34. The molecule has 1 heterocycles. The maximum atomic E-state index is 12.3. The number of anilines is 3. The summed E-state index contributed by atoms with van der Waals surface area (Å²) in [7, 11) is 0. The van der Waals surface area contributed by atoms with Crippen molar-refractivity contribution >= 4 is 28.9 Å². The number of nitrogens with one attached hydrogen (secondary N) is 2. The summed E-state index contributed by atoms with van der Waals surface area (Å²) in [4.78, 5) is 23.8. The van der Waals surface area contributed by atoms with Gasteiger partial charge in [0.1, 0.15) is 0 Å². The van der Waals surface area contributed by atoms with Gasteiger partial charge in [0.15, 0.2) is 17.3 Å². The highest BCUT2D eigenvalue weighted by atomic mass is 16.2. The third-order valence-electron chi connectivity index (χ3n) is 4.08. The number of amides is 1. The SMILES string of the molecule is CC(=O)c1cccc(NC(=O)c2ccc(Nc3cc(C)ccc3C)nn2)c1. The summed E-state index contributed by atoms with van der Waals surface area (Å²) in [6.45, 7) is 5.51. The van der Waals surface area contributed by atoms with Gasteiger partial charge in [0.2, 0.25) is 0 Å². The second-order valence-electron chi connectivity index (χ2n) is 6.34. The molecule has 27 heavy (non-hydrogen) atoms. The van der Waals surface area contributed by atoms with Gasteiger partial charge in [-0.25, -0.2) is 0 Å². The number of aryl methyl sites for hydroxylation is 2. The Bertz CT molecular complexity index is 997. The van der Waals surface area contributed by atoms with Crippen LogP contribution >= 0.6 is 0 Å². The first-order chi connectivity index (χ1) is 12.9. The molecule has 3 rings (SSSR count). The predicted molar refractivity (Wildman–Crippen MR) is 106 cm³/mol. The molecule has 0 aliphatic rings. The molecule has 6 heteroatoms. The number of carbonyl (C=O) groups excluding carboxylic acids is 2. The van der Waals surface area contributed by atoms with Crippen molar-refractivity contribution in [3.63, 3.8) is 0 Å². The van der Waals surface area contributed by atoms with Crippen molar-refractivity contribution in [3.8, 4) is 0 Å². The lowest BCUT2D eigenvalue weighted by Gasteiger charge is -2.10. The monoisotopic (exact) mass is 360 g/mol. The topological polar surface area (TPSA) is 84.0 Å². The van der Waals surface area contributed by atoms with E-state index in [9.17, 15) is 9.59 Å². The van der Waals surface area contributed by atoms with E-state index >= 15 is 0 Å². The summed E-state index contributed by atoms with van der Waals surface area (Å²) >= 11 is 0. The van der Waals surface area contributed by atoms with E-state index in [4.69, 9.17) is 0 Å². The van der Waals surface area contributed by atoms with Gasteiger partial charge in [-0.3, -0.25) is 9.59 Å². The van der Waals surface area contributed by atoms with Gasteiger partial charge in [0.05, 0.1) is 0 Å². The van der Waals surface area contributed by atoms with Gasteiger partial charge >= 0.3 is 0 Å². The van der Waals surface area contributed by atoms with E-state index in [1.165, 1.54) is 6.92 Å². The Morgan fingerprint density at radius 2 is 1.74 bits per heavy atom. The smallest absolute Gasteiger partial charge is 0.276 e. The van der Waals surface area contributed by atoms with Crippen LogP contribution in [0.2, 0.25) is 0 Å². The highest BCUT2D eigenvalue weighted by molar-refractivity contribution is 6.03. The second kappa shape index (κ2) is 7.78. The molecule has 2 N–H and O–H groups in total. The van der Waals surface area contributed by atoms with E-state index in [0.717, 1.165) is 16.8 Å². The zero-order valence-corrected chi connectivity index (χ0v) is 15.4. The molecule has 1 aromatic heterocycles. The predicted octanol–water partition coefficient (Wildman–Crippen LogP) is 4.29. The average molecular weight is 360 g/mol. The number of ketones is 1. The van der Waals surface area contributed by atoms with Gasteiger partial charge in [-0.1, -0.05) is 24.3 Å². The number of hydrogen-bond acceptors (Lipinski definition) is 5. The minimum absolute atomic E-state index is 0.0623. The molecule has 0 aliphatic heterocycles. The third kappa shape index (κ3) is 4.55. The number of hydrogen-bond donors (Lipinski definition) is 2. The summed E-state index contributed by atoms with van der Waals surface area (Å²) < 4.78 is 0. The highest BCUT2D eigenvalue weighted by Gasteiger charge is 2.10. The lowest BCUT2D eigenvalue weighted by Crippen LogP contribution is -2.15. The number of aromatic nitrogens is 2. The van der Waals surface area contributed by atoms with E-state index < -0.39 is 0 Å². The van der Waals surface area contributed by atoms with E-state index in [2.05, 4.69) is 20.8 Å². The van der Waals surface area contributed by atoms with Crippen LogP contribution < -0.4 is 10.6 Å². The summed E-state index contributed by atoms with van der Waals surface area (Å²) in [6.07, 6.45) is 0. The maximum Gasteiger partial charge on any atom is 0.276 e. The van der Waals surface area contributed by atoms with E-state index in [-0.39, 0.29) is 17.4 Å². The molecular weight excluding hydrogens is 340 g/mol. The van der Waals surface area contributed by atoms with Crippen molar-refractivity contribution in [1.82, 2.24) is 10.2 Å². The molecule has 0 fully saturated rings. The molecule has 0 unspecified atom stereocenters. The van der Waals surface area contributed by atoms with Crippen molar-refractivity contribution in [1.29, 1.82) is 0 Å². The van der Waals surface area contributed by atoms with Crippen molar-refractivity contribution < 1.29 is 9.59 Å². The van der Waals surface area contributed by atoms with Gasteiger partial charge in [0, 0.05) is 16.9 Å². The Morgan fingerprint density at radius 1 is 0.926 bits per heavy atom. The number of Topliss-reactive ketones (excluding diaryl/α,β-unsaturated/α-hetero) is 1. The molecule has 0 aliphatic carbocycles. The van der Waals surface area contributed by atoms with E-state index in [1.807, 2.05) is 32.0 Å². The summed E-state index contributed by atoms with van der Waals surface area (Å²) in [6, 6.07) is 16.2. The van der Waals surface area contributed by atoms with Gasteiger partial charge in [-0.15, -0.1) is 10.2 Å². The summed E-state index contributed by atoms with van der Waals surface area (Å²) in [5.41, 5.74) is 4.44. The van der Waals surface area contributed by atoms with E-state index in [0.29, 0.717) is 17.1 Å². The Labute approximate surface area is 157 Å². The van der Waals surface area contributed by atoms with Crippen LogP contribution in [0.15, 0.2) is 54.6 Å². The van der Waals surface area contributed by atoms with Crippen LogP contribution in [0.25, 0.3) is 0 Å². The molecule has 2 aromatic carbocycles. The summed E-state index contributed by atoms with van der Waals surface area (Å²) in [5.74, 6) is 0.105. The minimum atomic E-state index is -0.388. The van der Waals surface area contributed by atoms with Crippen molar-refractivity contribution in [2.75, 3.05) is 10.6 Å². The number of rotatable bonds is 5. The molecule has 136 valence electrons. The quantitative estimate of drug-likeness (QED) is 0.663. The molecule has 6 nitrogen and oxygen atoms in total. The Morgan fingerprint density at radius 3 is 2.44 bits per heavy atom. The standard InChI is InChI=1S/C21H20N4O2/c1-13-7-8-14(2)19(11-13)23-20-10-9-18(24-25-20)21(27)22-17-6-4-5-16(12-17)15(3)26/h4-12H,1-3H3,(H,22,27)(H,23,25). The zero-order valence-electron chi connectivity index (χ0n) is 15.4. The van der Waals surface area contributed by atoms with Crippen LogP contribution in [0.3, 0.4) is 0 Å². The first-order valence-corrected chi connectivity index (χ1v) is 8.53. The first kappa shape index (κ1) is 18.3. The van der Waals surface area contributed by atoms with Crippen molar-refractivity contribution in [3.05, 3.63) is 77.0 Å². The molecule has 3 aromatic rings. The minimum Gasteiger partial charge on any atom is -0.339 e. The average Bonchev–Trinajstić information content (AvgIpc) is 2.65. The fourth-order valence-electron chi connectivity index (χ4n) is 2.54. The molecular formula is C21H20N4O2. The van der Waals surface area contributed by atoms with Gasteiger partial charge in [-0.2, -0.15) is 0 Å². The van der Waals surface area contributed by atoms with Crippen LogP contribution in [0, 0.1) is 13.8 Å². The fraction of sp³-hybridized carbons (Fsp3) is 0.143.